The zero-order chi connectivity index (χ0) is 19.9. The van der Waals surface area contributed by atoms with Gasteiger partial charge in [0.05, 0.1) is 26.8 Å². The molecule has 0 unspecified atom stereocenters. The van der Waals surface area contributed by atoms with Gasteiger partial charge in [-0.05, 0) is 37.3 Å². The third-order valence-corrected chi connectivity index (χ3v) is 4.25. The Hall–Kier alpha value is -3.29. The third kappa shape index (κ3) is 4.70. The molecule has 2 aromatic carbocycles. The summed E-state index contributed by atoms with van der Waals surface area (Å²) in [6.07, 6.45) is 0. The van der Waals surface area contributed by atoms with E-state index in [-0.39, 0.29) is 18.9 Å². The highest BCUT2D eigenvalue weighted by Gasteiger charge is 2.16. The van der Waals surface area contributed by atoms with Crippen LogP contribution in [-0.4, -0.2) is 40.2 Å². The van der Waals surface area contributed by atoms with E-state index in [0.717, 1.165) is 5.56 Å². The van der Waals surface area contributed by atoms with Crippen molar-refractivity contribution in [3.05, 3.63) is 42.0 Å². The third-order valence-electron chi connectivity index (χ3n) is 4.25. The van der Waals surface area contributed by atoms with Gasteiger partial charge >= 0.3 is 6.03 Å². The highest BCUT2D eigenvalue weighted by molar-refractivity contribution is 5.74. The molecule has 0 saturated heterocycles. The standard InChI is InChI=1S/C20H24N2O6/c1-13(16-10-14(24-2)4-6-17(16)25-3)22-20(23)21-8-9-26-15-5-7-18-19(11-15)28-12-27-18/h4-7,10-11,13H,8-9,12H2,1-3H3,(H2,21,22,23)/t13-/m1/s1. The minimum atomic E-state index is -0.299. The smallest absolute Gasteiger partial charge is 0.315 e. The molecule has 0 aromatic heterocycles. The van der Waals surface area contributed by atoms with Gasteiger partial charge in [0, 0.05) is 11.6 Å². The minimum absolute atomic E-state index is 0.219. The van der Waals surface area contributed by atoms with Crippen LogP contribution in [0.3, 0.4) is 0 Å². The Balaban J connectivity index is 1.45. The number of carbonyl (C=O) groups is 1. The van der Waals surface area contributed by atoms with E-state index in [1.54, 1.807) is 32.4 Å². The molecule has 0 saturated carbocycles. The summed E-state index contributed by atoms with van der Waals surface area (Å²) >= 11 is 0. The predicted molar refractivity (Wildman–Crippen MR) is 103 cm³/mol. The number of benzene rings is 2. The first-order chi connectivity index (χ1) is 13.6. The van der Waals surface area contributed by atoms with Crippen LogP contribution >= 0.6 is 0 Å². The predicted octanol–water partition coefficient (Wildman–Crippen LogP) is 2.87. The lowest BCUT2D eigenvalue weighted by Gasteiger charge is -2.18. The van der Waals surface area contributed by atoms with Crippen LogP contribution in [0.2, 0.25) is 0 Å². The number of carbonyl (C=O) groups excluding carboxylic acids is 1. The maximum atomic E-state index is 12.2. The van der Waals surface area contributed by atoms with E-state index in [4.69, 9.17) is 23.7 Å². The number of methoxy groups -OCH3 is 2. The summed E-state index contributed by atoms with van der Waals surface area (Å²) in [4.78, 5) is 12.2. The van der Waals surface area contributed by atoms with Gasteiger partial charge in [0.15, 0.2) is 11.5 Å². The molecule has 2 N–H and O–H groups in total. The van der Waals surface area contributed by atoms with Gasteiger partial charge in [0.25, 0.3) is 0 Å². The summed E-state index contributed by atoms with van der Waals surface area (Å²) < 4.78 is 26.8. The van der Waals surface area contributed by atoms with Crippen molar-refractivity contribution in [1.29, 1.82) is 0 Å². The number of urea groups is 1. The van der Waals surface area contributed by atoms with Crippen molar-refractivity contribution in [3.8, 4) is 28.7 Å². The van der Waals surface area contributed by atoms with E-state index < -0.39 is 0 Å². The van der Waals surface area contributed by atoms with Gasteiger partial charge < -0.3 is 34.3 Å². The Kier molecular flexibility index (Phi) is 6.31. The van der Waals surface area contributed by atoms with Crippen molar-refractivity contribution in [1.82, 2.24) is 10.6 Å². The Bertz CT molecular complexity index is 826. The fraction of sp³-hybridized carbons (Fsp3) is 0.350. The van der Waals surface area contributed by atoms with Crippen LogP contribution in [0.25, 0.3) is 0 Å². The van der Waals surface area contributed by atoms with Gasteiger partial charge in [-0.15, -0.1) is 0 Å². The monoisotopic (exact) mass is 388 g/mol. The molecule has 1 atom stereocenters. The van der Waals surface area contributed by atoms with Gasteiger partial charge in [0.2, 0.25) is 6.79 Å². The molecule has 150 valence electrons. The zero-order valence-electron chi connectivity index (χ0n) is 16.1. The van der Waals surface area contributed by atoms with Crippen LogP contribution in [0.15, 0.2) is 36.4 Å². The quantitative estimate of drug-likeness (QED) is 0.676. The van der Waals surface area contributed by atoms with Crippen molar-refractivity contribution in [2.24, 2.45) is 0 Å². The normalized spacial score (nSPS) is 12.8. The number of nitrogens with one attached hydrogen (secondary N) is 2. The molecule has 0 fully saturated rings. The van der Waals surface area contributed by atoms with Crippen LogP contribution in [0.1, 0.15) is 18.5 Å². The van der Waals surface area contributed by atoms with E-state index >= 15 is 0 Å². The second kappa shape index (κ2) is 9.07. The van der Waals surface area contributed by atoms with E-state index in [0.29, 0.717) is 41.9 Å². The van der Waals surface area contributed by atoms with Gasteiger partial charge in [-0.1, -0.05) is 0 Å². The minimum Gasteiger partial charge on any atom is -0.497 e. The van der Waals surface area contributed by atoms with Gasteiger partial charge in [-0.2, -0.15) is 0 Å². The van der Waals surface area contributed by atoms with E-state index in [1.807, 2.05) is 25.1 Å². The van der Waals surface area contributed by atoms with E-state index in [9.17, 15) is 4.79 Å². The van der Waals surface area contributed by atoms with E-state index in [1.165, 1.54) is 0 Å². The molecular weight excluding hydrogens is 364 g/mol. The number of hydrogen-bond donors (Lipinski definition) is 2. The second-order valence-corrected chi connectivity index (χ2v) is 6.09. The average molecular weight is 388 g/mol. The Morgan fingerprint density at radius 2 is 1.86 bits per heavy atom. The van der Waals surface area contributed by atoms with Crippen LogP contribution in [0.4, 0.5) is 4.79 Å². The molecule has 1 aliphatic heterocycles. The molecule has 0 radical (unpaired) electrons. The topological polar surface area (TPSA) is 87.3 Å². The van der Waals surface area contributed by atoms with Gasteiger partial charge in [0.1, 0.15) is 23.9 Å². The largest absolute Gasteiger partial charge is 0.497 e. The lowest BCUT2D eigenvalue weighted by Crippen LogP contribution is -2.39. The molecule has 0 bridgehead atoms. The summed E-state index contributed by atoms with van der Waals surface area (Å²) in [6.45, 7) is 2.77. The molecule has 2 amide bonds. The summed E-state index contributed by atoms with van der Waals surface area (Å²) in [5.74, 6) is 3.39. The number of fused-ring (bicyclic) bond motifs is 1. The zero-order valence-corrected chi connectivity index (χ0v) is 16.1. The van der Waals surface area contributed by atoms with Crippen molar-refractivity contribution >= 4 is 6.03 Å². The number of rotatable bonds is 8. The van der Waals surface area contributed by atoms with Crippen molar-refractivity contribution in [2.45, 2.75) is 13.0 Å². The van der Waals surface area contributed by atoms with Gasteiger partial charge in [-0.3, -0.25) is 0 Å². The maximum Gasteiger partial charge on any atom is 0.315 e. The summed E-state index contributed by atoms with van der Waals surface area (Å²) in [5, 5.41) is 5.65. The first-order valence-electron chi connectivity index (χ1n) is 8.89. The molecule has 8 nitrogen and oxygen atoms in total. The van der Waals surface area contributed by atoms with E-state index in [2.05, 4.69) is 10.6 Å². The number of amides is 2. The average Bonchev–Trinajstić information content (AvgIpc) is 3.18. The number of hydrogen-bond acceptors (Lipinski definition) is 6. The highest BCUT2D eigenvalue weighted by atomic mass is 16.7. The molecule has 2 aromatic rings. The lowest BCUT2D eigenvalue weighted by atomic mass is 10.1. The fourth-order valence-electron chi connectivity index (χ4n) is 2.80. The second-order valence-electron chi connectivity index (χ2n) is 6.09. The molecule has 0 aliphatic carbocycles. The molecule has 1 aliphatic rings. The van der Waals surface area contributed by atoms with Gasteiger partial charge in [-0.25, -0.2) is 4.79 Å². The molecule has 1 heterocycles. The number of ether oxygens (including phenoxy) is 5. The first-order valence-corrected chi connectivity index (χ1v) is 8.89. The van der Waals surface area contributed by atoms with Crippen LogP contribution in [-0.2, 0) is 0 Å². The summed E-state index contributed by atoms with van der Waals surface area (Å²) in [6, 6.07) is 10.2. The Labute approximate surface area is 163 Å². The summed E-state index contributed by atoms with van der Waals surface area (Å²) in [5.41, 5.74) is 0.827. The van der Waals surface area contributed by atoms with Crippen molar-refractivity contribution in [2.75, 3.05) is 34.2 Å². The lowest BCUT2D eigenvalue weighted by molar-refractivity contribution is 0.173. The Morgan fingerprint density at radius 1 is 1.07 bits per heavy atom. The fourth-order valence-corrected chi connectivity index (χ4v) is 2.80. The molecule has 28 heavy (non-hydrogen) atoms. The SMILES string of the molecule is COc1ccc(OC)c([C@@H](C)NC(=O)NCCOc2ccc3c(c2)OCO3)c1. The first kappa shape index (κ1) is 19.5. The van der Waals surface area contributed by atoms with Crippen LogP contribution in [0.5, 0.6) is 28.7 Å². The molecular formula is C20H24N2O6. The molecule has 3 rings (SSSR count). The van der Waals surface area contributed by atoms with Crippen molar-refractivity contribution < 1.29 is 28.5 Å². The molecule has 0 spiro atoms. The Morgan fingerprint density at radius 3 is 2.64 bits per heavy atom. The van der Waals surface area contributed by atoms with Crippen LogP contribution < -0.4 is 34.3 Å². The molecule has 8 heteroatoms. The maximum absolute atomic E-state index is 12.2. The summed E-state index contributed by atoms with van der Waals surface area (Å²) in [7, 11) is 3.18. The highest BCUT2D eigenvalue weighted by Crippen LogP contribution is 2.35. The van der Waals surface area contributed by atoms with Crippen LogP contribution in [0, 0.1) is 0 Å². The van der Waals surface area contributed by atoms with Crippen molar-refractivity contribution in [3.63, 3.8) is 0 Å².